The van der Waals surface area contributed by atoms with Gasteiger partial charge in [-0.25, -0.2) is 9.78 Å². The first-order valence-electron chi connectivity index (χ1n) is 11.9. The van der Waals surface area contributed by atoms with E-state index in [0.29, 0.717) is 32.2 Å². The molecule has 2 heterocycles. The average Bonchev–Trinajstić information content (AvgIpc) is 3.60. The van der Waals surface area contributed by atoms with E-state index in [1.165, 1.54) is 18.4 Å². The second kappa shape index (κ2) is 11.1. The monoisotopic (exact) mass is 446 g/mol. The maximum Gasteiger partial charge on any atom is 0.326 e. The van der Waals surface area contributed by atoms with Crippen molar-refractivity contribution in [1.29, 1.82) is 0 Å². The molecular weight excluding hydrogens is 408 g/mol. The van der Waals surface area contributed by atoms with Gasteiger partial charge in [0.2, 0.25) is 5.91 Å². The largest absolute Gasteiger partial charge is 0.480 e. The van der Waals surface area contributed by atoms with Gasteiger partial charge < -0.3 is 25.4 Å². The molecule has 8 nitrogen and oxygen atoms in total. The number of aromatic nitrogens is 1. The summed E-state index contributed by atoms with van der Waals surface area (Å²) in [6.45, 7) is 6.28. The molecule has 1 atom stereocenters. The Morgan fingerprint density at radius 2 is 2.03 bits per heavy atom. The second-order valence-electron chi connectivity index (χ2n) is 9.34. The molecule has 1 unspecified atom stereocenters. The highest BCUT2D eigenvalue weighted by atomic mass is 16.5. The van der Waals surface area contributed by atoms with Crippen molar-refractivity contribution in [3.8, 4) is 0 Å². The third-order valence-corrected chi connectivity index (χ3v) is 6.54. The van der Waals surface area contributed by atoms with E-state index in [4.69, 9.17) is 9.72 Å². The van der Waals surface area contributed by atoms with Crippen LogP contribution in [0, 0.1) is 5.41 Å². The number of amides is 1. The Labute approximate surface area is 191 Å². The predicted molar refractivity (Wildman–Crippen MR) is 124 cm³/mol. The van der Waals surface area contributed by atoms with Gasteiger partial charge in [0.1, 0.15) is 11.9 Å². The number of aliphatic carboxylic acids is 1. The van der Waals surface area contributed by atoms with Crippen LogP contribution in [0.1, 0.15) is 57.2 Å². The summed E-state index contributed by atoms with van der Waals surface area (Å²) in [5.41, 5.74) is 1.74. The third-order valence-electron chi connectivity index (χ3n) is 6.54. The fourth-order valence-corrected chi connectivity index (χ4v) is 4.13. The number of carbonyl (C=O) groups is 2. The minimum absolute atomic E-state index is 0.225. The van der Waals surface area contributed by atoms with Gasteiger partial charge in [-0.05, 0) is 70.0 Å². The molecule has 1 aliphatic carbocycles. The fraction of sp³-hybridized carbons (Fsp3) is 0.708. The number of aryl methyl sites for hydroxylation is 2. The maximum atomic E-state index is 12.4. The molecule has 0 spiro atoms. The van der Waals surface area contributed by atoms with E-state index in [2.05, 4.69) is 34.6 Å². The number of nitrogens with one attached hydrogen (secondary N) is 2. The summed E-state index contributed by atoms with van der Waals surface area (Å²) in [5, 5.41) is 15.5. The Morgan fingerprint density at radius 3 is 2.59 bits per heavy atom. The lowest BCUT2D eigenvalue weighted by Crippen LogP contribution is -2.56. The molecule has 0 bridgehead atoms. The van der Waals surface area contributed by atoms with Gasteiger partial charge in [0.15, 0.2) is 0 Å². The Bertz CT molecular complexity index is 792. The number of unbranched alkanes of at least 4 members (excludes halogenated alkanes) is 1. The molecule has 1 amide bonds. The highest BCUT2D eigenvalue weighted by molar-refractivity contribution is 5.87. The molecule has 32 heavy (non-hydrogen) atoms. The van der Waals surface area contributed by atoms with Crippen LogP contribution in [-0.2, 0) is 27.2 Å². The van der Waals surface area contributed by atoms with E-state index in [0.717, 1.165) is 43.7 Å². The highest BCUT2D eigenvalue weighted by Crippen LogP contribution is 2.28. The fourth-order valence-electron chi connectivity index (χ4n) is 4.13. The van der Waals surface area contributed by atoms with Crippen molar-refractivity contribution >= 4 is 17.7 Å². The van der Waals surface area contributed by atoms with E-state index in [9.17, 15) is 14.7 Å². The predicted octanol–water partition coefficient (Wildman–Crippen LogP) is 2.47. The summed E-state index contributed by atoms with van der Waals surface area (Å²) in [4.78, 5) is 31.2. The van der Waals surface area contributed by atoms with Crippen molar-refractivity contribution in [2.24, 2.45) is 5.41 Å². The zero-order chi connectivity index (χ0) is 23.1. The average molecular weight is 447 g/mol. The maximum absolute atomic E-state index is 12.4. The van der Waals surface area contributed by atoms with Crippen LogP contribution in [-0.4, -0.2) is 72.3 Å². The number of carbonyl (C=O) groups excluding carboxylic acids is 1. The van der Waals surface area contributed by atoms with Crippen molar-refractivity contribution in [2.45, 2.75) is 70.9 Å². The lowest BCUT2D eigenvalue weighted by Gasteiger charge is -2.37. The number of nitrogens with zero attached hydrogens (tertiary/aromatic N) is 2. The normalized spacial score (nSPS) is 18.1. The van der Waals surface area contributed by atoms with Crippen molar-refractivity contribution in [3.63, 3.8) is 0 Å². The molecule has 1 saturated carbocycles. The number of anilines is 1. The molecule has 2 fully saturated rings. The van der Waals surface area contributed by atoms with Gasteiger partial charge in [-0.3, -0.25) is 4.79 Å². The van der Waals surface area contributed by atoms with Gasteiger partial charge in [-0.15, -0.1) is 0 Å². The number of hydrogen-bond donors (Lipinski definition) is 3. The molecule has 8 heteroatoms. The number of pyridine rings is 1. The van der Waals surface area contributed by atoms with Crippen LogP contribution in [0.15, 0.2) is 12.1 Å². The van der Waals surface area contributed by atoms with Crippen LogP contribution in [0.2, 0.25) is 0 Å². The number of carboxylic acid groups (broad SMARTS) is 1. The highest BCUT2D eigenvalue weighted by Gasteiger charge is 2.42. The van der Waals surface area contributed by atoms with E-state index < -0.39 is 17.4 Å². The minimum Gasteiger partial charge on any atom is -0.480 e. The molecule has 1 aromatic rings. The molecule has 3 rings (SSSR count). The Hall–Kier alpha value is -2.19. The standard InChI is InChI=1S/C24H38N4O4/c1-4-17-8-9-18(26-21(17)25-3)7-5-6-13-28(19-10-11-19)14-12-20(22(29)30)27-23(31)24(2)15-32-16-24/h8-9,19-20H,4-7,10-16H2,1-3H3,(H,25,26)(H,27,31)(H,29,30). The topological polar surface area (TPSA) is 104 Å². The van der Waals surface area contributed by atoms with Gasteiger partial charge in [-0.2, -0.15) is 0 Å². The zero-order valence-corrected chi connectivity index (χ0v) is 19.7. The van der Waals surface area contributed by atoms with Crippen LogP contribution in [0.4, 0.5) is 5.82 Å². The number of carboxylic acids is 1. The summed E-state index contributed by atoms with van der Waals surface area (Å²) in [6, 6.07) is 3.96. The minimum atomic E-state index is -0.972. The number of hydrogen-bond acceptors (Lipinski definition) is 6. The number of ether oxygens (including phenoxy) is 1. The lowest BCUT2D eigenvalue weighted by molar-refractivity contribution is -0.161. The number of rotatable bonds is 14. The quantitative estimate of drug-likeness (QED) is 0.377. The molecule has 3 N–H and O–H groups in total. The SMILES string of the molecule is CCc1ccc(CCCCN(CCC(NC(=O)C2(C)COC2)C(=O)O)C2CC2)nc1NC. The Morgan fingerprint density at radius 1 is 1.28 bits per heavy atom. The molecule has 178 valence electrons. The molecule has 2 aliphatic rings. The van der Waals surface area contributed by atoms with E-state index in [1.807, 2.05) is 14.0 Å². The summed E-state index contributed by atoms with van der Waals surface area (Å²) in [6.07, 6.45) is 6.75. The second-order valence-corrected chi connectivity index (χ2v) is 9.34. The van der Waals surface area contributed by atoms with Gasteiger partial charge in [0.05, 0.1) is 18.6 Å². The first kappa shape index (κ1) is 24.5. The van der Waals surface area contributed by atoms with Crippen molar-refractivity contribution in [1.82, 2.24) is 15.2 Å². The molecule has 1 saturated heterocycles. The van der Waals surface area contributed by atoms with Gasteiger partial charge in [-0.1, -0.05) is 13.0 Å². The van der Waals surface area contributed by atoms with Gasteiger partial charge >= 0.3 is 5.97 Å². The zero-order valence-electron chi connectivity index (χ0n) is 19.7. The van der Waals surface area contributed by atoms with Crippen molar-refractivity contribution in [2.75, 3.05) is 38.7 Å². The summed E-state index contributed by atoms with van der Waals surface area (Å²) in [7, 11) is 1.91. The third kappa shape index (κ3) is 6.42. The summed E-state index contributed by atoms with van der Waals surface area (Å²) >= 11 is 0. The van der Waals surface area contributed by atoms with E-state index >= 15 is 0 Å². The molecular formula is C24H38N4O4. The van der Waals surface area contributed by atoms with Crippen LogP contribution in [0.3, 0.4) is 0 Å². The van der Waals surface area contributed by atoms with Gasteiger partial charge in [0, 0.05) is 25.3 Å². The molecule has 1 aromatic heterocycles. The summed E-state index contributed by atoms with van der Waals surface area (Å²) in [5.74, 6) is -0.231. The van der Waals surface area contributed by atoms with Gasteiger partial charge in [0.25, 0.3) is 0 Å². The Kier molecular flexibility index (Phi) is 8.48. The van der Waals surface area contributed by atoms with E-state index in [1.54, 1.807) is 0 Å². The van der Waals surface area contributed by atoms with E-state index in [-0.39, 0.29) is 5.91 Å². The summed E-state index contributed by atoms with van der Waals surface area (Å²) < 4.78 is 5.13. The van der Waals surface area contributed by atoms with Crippen LogP contribution in [0.5, 0.6) is 0 Å². The van der Waals surface area contributed by atoms with Crippen molar-refractivity contribution in [3.05, 3.63) is 23.4 Å². The first-order chi connectivity index (χ1) is 15.4. The van der Waals surface area contributed by atoms with Crippen LogP contribution in [0.25, 0.3) is 0 Å². The van der Waals surface area contributed by atoms with Crippen LogP contribution >= 0.6 is 0 Å². The van der Waals surface area contributed by atoms with Crippen LogP contribution < -0.4 is 10.6 Å². The molecule has 0 radical (unpaired) electrons. The molecule has 0 aromatic carbocycles. The smallest absolute Gasteiger partial charge is 0.326 e. The molecule has 1 aliphatic heterocycles. The first-order valence-corrected chi connectivity index (χ1v) is 11.9. The van der Waals surface area contributed by atoms with Crippen molar-refractivity contribution < 1.29 is 19.4 Å². The lowest BCUT2D eigenvalue weighted by atomic mass is 9.87. The Balaban J connectivity index is 1.44.